The van der Waals surface area contributed by atoms with Crippen LogP contribution in [0.3, 0.4) is 0 Å². The summed E-state index contributed by atoms with van der Waals surface area (Å²) in [5.41, 5.74) is 0.854. The second kappa shape index (κ2) is 7.07. The molecular formula is C16H22F3N3O. The maximum absolute atomic E-state index is 12.3. The summed E-state index contributed by atoms with van der Waals surface area (Å²) in [7, 11) is 0. The Kier molecular flexibility index (Phi) is 5.08. The molecule has 3 rings (SSSR count). The Balaban J connectivity index is 1.54. The number of alkyl halides is 3. The molecule has 128 valence electrons. The molecule has 2 aliphatic rings. The lowest BCUT2D eigenvalue weighted by Gasteiger charge is -2.32. The minimum absolute atomic E-state index is 0.146. The highest BCUT2D eigenvalue weighted by Crippen LogP contribution is 2.25. The molecule has 2 fully saturated rings. The van der Waals surface area contributed by atoms with E-state index >= 15 is 0 Å². The topological polar surface area (TPSA) is 27.7 Å². The first kappa shape index (κ1) is 16.5. The number of piperazine rings is 1. The molecule has 2 heterocycles. The van der Waals surface area contributed by atoms with Crippen LogP contribution in [0.5, 0.6) is 5.75 Å². The summed E-state index contributed by atoms with van der Waals surface area (Å²) >= 11 is 0. The SMILES string of the molecule is FC(F)(F)Oc1cccc(CN2CCC(N3CCNCC3)C2)c1. The predicted molar refractivity (Wildman–Crippen MR) is 81.2 cm³/mol. The molecule has 0 saturated carbocycles. The van der Waals surface area contributed by atoms with E-state index in [1.54, 1.807) is 6.07 Å². The third-order valence-electron chi connectivity index (χ3n) is 4.45. The van der Waals surface area contributed by atoms with Gasteiger partial charge in [0, 0.05) is 51.9 Å². The van der Waals surface area contributed by atoms with Gasteiger partial charge >= 0.3 is 6.36 Å². The molecule has 23 heavy (non-hydrogen) atoms. The van der Waals surface area contributed by atoms with Crippen molar-refractivity contribution in [1.82, 2.24) is 15.1 Å². The van der Waals surface area contributed by atoms with Crippen molar-refractivity contribution in [2.24, 2.45) is 0 Å². The first-order valence-corrected chi connectivity index (χ1v) is 8.01. The number of nitrogens with zero attached hydrogens (tertiary/aromatic N) is 2. The molecular weight excluding hydrogens is 307 g/mol. The van der Waals surface area contributed by atoms with Gasteiger partial charge in [-0.1, -0.05) is 12.1 Å². The average Bonchev–Trinajstić information content (AvgIpc) is 2.95. The van der Waals surface area contributed by atoms with Crippen LogP contribution < -0.4 is 10.1 Å². The lowest BCUT2D eigenvalue weighted by Crippen LogP contribution is -2.49. The second-order valence-electron chi connectivity index (χ2n) is 6.16. The highest BCUT2D eigenvalue weighted by atomic mass is 19.4. The number of hydrogen-bond donors (Lipinski definition) is 1. The summed E-state index contributed by atoms with van der Waals surface area (Å²) in [4.78, 5) is 4.82. The molecule has 0 spiro atoms. The number of hydrogen-bond acceptors (Lipinski definition) is 4. The van der Waals surface area contributed by atoms with E-state index in [0.717, 1.165) is 51.3 Å². The molecule has 0 bridgehead atoms. The number of rotatable bonds is 4. The van der Waals surface area contributed by atoms with Gasteiger partial charge < -0.3 is 10.1 Å². The zero-order valence-electron chi connectivity index (χ0n) is 13.0. The van der Waals surface area contributed by atoms with Gasteiger partial charge in [0.15, 0.2) is 0 Å². The summed E-state index contributed by atoms with van der Waals surface area (Å²) in [5, 5.41) is 3.35. The van der Waals surface area contributed by atoms with E-state index in [2.05, 4.69) is 19.9 Å². The molecule has 0 radical (unpaired) electrons. The second-order valence-corrected chi connectivity index (χ2v) is 6.16. The monoisotopic (exact) mass is 329 g/mol. The fourth-order valence-corrected chi connectivity index (χ4v) is 3.40. The fraction of sp³-hybridized carbons (Fsp3) is 0.625. The Morgan fingerprint density at radius 2 is 1.96 bits per heavy atom. The van der Waals surface area contributed by atoms with Gasteiger partial charge in [0.1, 0.15) is 5.75 Å². The first-order chi connectivity index (χ1) is 11.0. The highest BCUT2D eigenvalue weighted by molar-refractivity contribution is 5.28. The maximum Gasteiger partial charge on any atom is 0.573 e. The lowest BCUT2D eigenvalue weighted by molar-refractivity contribution is -0.274. The smallest absolute Gasteiger partial charge is 0.406 e. The van der Waals surface area contributed by atoms with E-state index in [-0.39, 0.29) is 5.75 Å². The minimum Gasteiger partial charge on any atom is -0.406 e. The van der Waals surface area contributed by atoms with Gasteiger partial charge in [-0.3, -0.25) is 9.80 Å². The van der Waals surface area contributed by atoms with E-state index in [9.17, 15) is 13.2 Å². The van der Waals surface area contributed by atoms with Crippen LogP contribution in [0.25, 0.3) is 0 Å². The van der Waals surface area contributed by atoms with Crippen molar-refractivity contribution in [2.45, 2.75) is 25.4 Å². The number of benzene rings is 1. The van der Waals surface area contributed by atoms with Crippen LogP contribution in [0.1, 0.15) is 12.0 Å². The quantitative estimate of drug-likeness (QED) is 0.915. The van der Waals surface area contributed by atoms with E-state index in [1.165, 1.54) is 12.1 Å². The van der Waals surface area contributed by atoms with Crippen LogP contribution in [0, 0.1) is 0 Å². The van der Waals surface area contributed by atoms with Crippen molar-refractivity contribution < 1.29 is 17.9 Å². The summed E-state index contributed by atoms with van der Waals surface area (Å²) in [6, 6.07) is 6.84. The Morgan fingerprint density at radius 1 is 1.17 bits per heavy atom. The van der Waals surface area contributed by atoms with E-state index in [4.69, 9.17) is 0 Å². The van der Waals surface area contributed by atoms with Crippen LogP contribution in [0.15, 0.2) is 24.3 Å². The van der Waals surface area contributed by atoms with Crippen molar-refractivity contribution in [3.63, 3.8) is 0 Å². The summed E-state index contributed by atoms with van der Waals surface area (Å²) in [6.07, 6.45) is -3.52. The van der Waals surface area contributed by atoms with Crippen LogP contribution >= 0.6 is 0 Å². The van der Waals surface area contributed by atoms with Gasteiger partial charge in [-0.2, -0.15) is 0 Å². The summed E-state index contributed by atoms with van der Waals surface area (Å²) in [5.74, 6) is -0.146. The Bertz CT molecular complexity index is 518. The number of likely N-dealkylation sites (tertiary alicyclic amines) is 1. The minimum atomic E-state index is -4.64. The third-order valence-corrected chi connectivity index (χ3v) is 4.45. The maximum atomic E-state index is 12.3. The Morgan fingerprint density at radius 3 is 2.70 bits per heavy atom. The fourth-order valence-electron chi connectivity index (χ4n) is 3.40. The predicted octanol–water partition coefficient (Wildman–Crippen LogP) is 2.06. The van der Waals surface area contributed by atoms with Crippen molar-refractivity contribution in [2.75, 3.05) is 39.3 Å². The molecule has 1 unspecified atom stereocenters. The van der Waals surface area contributed by atoms with Crippen molar-refractivity contribution in [1.29, 1.82) is 0 Å². The van der Waals surface area contributed by atoms with E-state index < -0.39 is 6.36 Å². The largest absolute Gasteiger partial charge is 0.573 e. The third kappa shape index (κ3) is 4.83. The molecule has 0 aliphatic carbocycles. The van der Waals surface area contributed by atoms with Crippen LogP contribution in [0.4, 0.5) is 13.2 Å². The Labute approximate surface area is 134 Å². The lowest BCUT2D eigenvalue weighted by atomic mass is 10.2. The Hall–Kier alpha value is -1.31. The summed E-state index contributed by atoms with van der Waals surface area (Å²) < 4.78 is 40.9. The number of ether oxygens (including phenoxy) is 1. The van der Waals surface area contributed by atoms with E-state index in [1.807, 2.05) is 6.07 Å². The molecule has 4 nitrogen and oxygen atoms in total. The number of halogens is 3. The zero-order chi connectivity index (χ0) is 16.3. The average molecular weight is 329 g/mol. The molecule has 0 amide bonds. The van der Waals surface area contributed by atoms with Crippen molar-refractivity contribution in [3.05, 3.63) is 29.8 Å². The summed E-state index contributed by atoms with van der Waals surface area (Å²) in [6.45, 7) is 6.85. The van der Waals surface area contributed by atoms with Gasteiger partial charge in [-0.15, -0.1) is 13.2 Å². The highest BCUT2D eigenvalue weighted by Gasteiger charge is 2.31. The molecule has 7 heteroatoms. The molecule has 1 aromatic rings. The molecule has 1 aromatic carbocycles. The van der Waals surface area contributed by atoms with Gasteiger partial charge in [-0.25, -0.2) is 0 Å². The molecule has 2 saturated heterocycles. The van der Waals surface area contributed by atoms with Gasteiger partial charge in [0.2, 0.25) is 0 Å². The molecule has 1 atom stereocenters. The first-order valence-electron chi connectivity index (χ1n) is 8.01. The normalized spacial score (nSPS) is 24.0. The zero-order valence-corrected chi connectivity index (χ0v) is 13.0. The van der Waals surface area contributed by atoms with Crippen molar-refractivity contribution >= 4 is 0 Å². The molecule has 1 N–H and O–H groups in total. The van der Waals surface area contributed by atoms with E-state index in [0.29, 0.717) is 12.6 Å². The molecule has 2 aliphatic heterocycles. The van der Waals surface area contributed by atoms with Crippen LogP contribution in [-0.2, 0) is 6.54 Å². The van der Waals surface area contributed by atoms with Gasteiger partial charge in [0.05, 0.1) is 0 Å². The molecule has 0 aromatic heterocycles. The van der Waals surface area contributed by atoms with Crippen LogP contribution in [0.2, 0.25) is 0 Å². The van der Waals surface area contributed by atoms with Crippen molar-refractivity contribution in [3.8, 4) is 5.75 Å². The van der Waals surface area contributed by atoms with Gasteiger partial charge in [-0.05, 0) is 24.1 Å². The standard InChI is InChI=1S/C16H22F3N3O/c17-16(18,19)23-15-3-1-2-13(10-15)11-21-7-4-14(12-21)22-8-5-20-6-9-22/h1-3,10,14,20H,4-9,11-12H2. The van der Waals surface area contributed by atoms with Gasteiger partial charge in [0.25, 0.3) is 0 Å². The van der Waals surface area contributed by atoms with Crippen LogP contribution in [-0.4, -0.2) is 61.5 Å². The number of nitrogens with one attached hydrogen (secondary N) is 1.